The molecule has 33 heavy (non-hydrogen) atoms. The van der Waals surface area contributed by atoms with Crippen LogP contribution >= 0.6 is 11.6 Å². The van der Waals surface area contributed by atoms with Gasteiger partial charge in [-0.1, -0.05) is 55.8 Å². The predicted octanol–water partition coefficient (Wildman–Crippen LogP) is 4.56. The number of hydrogen-bond donors (Lipinski definition) is 1. The summed E-state index contributed by atoms with van der Waals surface area (Å²) in [6.07, 6.45) is 2.89. The molecular weight excluding hydrogens is 434 g/mol. The fourth-order valence-corrected chi connectivity index (χ4v) is 5.50. The predicted molar refractivity (Wildman–Crippen MR) is 132 cm³/mol. The molecule has 0 radical (unpaired) electrons. The molecule has 2 aliphatic rings. The van der Waals surface area contributed by atoms with Gasteiger partial charge in [0.25, 0.3) is 5.91 Å². The van der Waals surface area contributed by atoms with Gasteiger partial charge in [0.1, 0.15) is 6.04 Å². The minimum atomic E-state index is -0.573. The number of carbonyl (C=O) groups excluding carboxylic acids is 2. The van der Waals surface area contributed by atoms with Crippen molar-refractivity contribution >= 4 is 23.4 Å². The van der Waals surface area contributed by atoms with Crippen molar-refractivity contribution in [2.45, 2.75) is 39.2 Å². The molecule has 1 N–H and O–H groups in total. The van der Waals surface area contributed by atoms with Gasteiger partial charge in [0.15, 0.2) is 0 Å². The van der Waals surface area contributed by atoms with Crippen LogP contribution in [0.25, 0.3) is 0 Å². The zero-order valence-electron chi connectivity index (χ0n) is 19.6. The highest BCUT2D eigenvalue weighted by atomic mass is 35.5. The van der Waals surface area contributed by atoms with Crippen LogP contribution < -0.4 is 5.32 Å². The number of carbonyl (C=O) groups is 2. The number of likely N-dealkylation sites (tertiary alicyclic amines) is 1. The molecule has 0 aliphatic carbocycles. The number of fused-ring (bicyclic) bond motifs is 1. The Bertz CT molecular complexity index is 968. The van der Waals surface area contributed by atoms with Gasteiger partial charge in [0.2, 0.25) is 5.91 Å². The summed E-state index contributed by atoms with van der Waals surface area (Å²) < 4.78 is 0. The molecule has 0 saturated carbocycles. The molecule has 3 unspecified atom stereocenters. The first-order valence-electron chi connectivity index (χ1n) is 12.1. The van der Waals surface area contributed by atoms with E-state index < -0.39 is 6.04 Å². The van der Waals surface area contributed by atoms with Crippen molar-refractivity contribution in [3.63, 3.8) is 0 Å². The number of piperidine rings is 1. The Labute approximate surface area is 202 Å². The van der Waals surface area contributed by atoms with Crippen LogP contribution in [0.5, 0.6) is 0 Å². The molecule has 1 saturated heterocycles. The van der Waals surface area contributed by atoms with Crippen molar-refractivity contribution in [2.24, 2.45) is 11.8 Å². The van der Waals surface area contributed by atoms with E-state index in [4.69, 9.17) is 11.6 Å². The molecule has 5 nitrogen and oxygen atoms in total. The van der Waals surface area contributed by atoms with Gasteiger partial charge in [0.05, 0.1) is 0 Å². The lowest BCUT2D eigenvalue weighted by Gasteiger charge is -2.35. The maximum atomic E-state index is 13.2. The molecule has 2 heterocycles. The van der Waals surface area contributed by atoms with Crippen LogP contribution in [0.4, 0.5) is 0 Å². The lowest BCUT2D eigenvalue weighted by molar-refractivity contribution is -0.125. The largest absolute Gasteiger partial charge is 0.354 e. The Morgan fingerprint density at radius 3 is 2.45 bits per heavy atom. The SMILES string of the molecule is CC1CC(C)CN(CCCNC(=O)C2c3ccccc3C(=O)N2CCc2ccc(Cl)cc2)C1. The standard InChI is InChI=1S/C27H34ClN3O2/c1-19-16-20(2)18-30(17-19)14-5-13-29-26(32)25-23-6-3-4-7-24(23)27(33)31(25)15-12-21-8-10-22(28)11-9-21/h3-4,6-11,19-20,25H,5,12-18H2,1-2H3,(H,29,32). The molecule has 0 spiro atoms. The highest BCUT2D eigenvalue weighted by Gasteiger charge is 2.40. The molecule has 4 rings (SSSR count). The topological polar surface area (TPSA) is 52.7 Å². The van der Waals surface area contributed by atoms with Crippen LogP contribution in [0.15, 0.2) is 48.5 Å². The summed E-state index contributed by atoms with van der Waals surface area (Å²) in [5, 5.41) is 3.80. The Morgan fingerprint density at radius 1 is 1.03 bits per heavy atom. The summed E-state index contributed by atoms with van der Waals surface area (Å²) in [5.41, 5.74) is 2.52. The second-order valence-electron chi connectivity index (χ2n) is 9.72. The first-order valence-corrected chi connectivity index (χ1v) is 12.4. The van der Waals surface area contributed by atoms with Crippen molar-refractivity contribution in [3.8, 4) is 0 Å². The van der Waals surface area contributed by atoms with E-state index in [9.17, 15) is 9.59 Å². The Balaban J connectivity index is 1.36. The Kier molecular flexibility index (Phi) is 7.71. The third kappa shape index (κ3) is 5.77. The summed E-state index contributed by atoms with van der Waals surface area (Å²) in [5.74, 6) is 1.30. The van der Waals surface area contributed by atoms with Crippen LogP contribution in [0.1, 0.15) is 54.2 Å². The summed E-state index contributed by atoms with van der Waals surface area (Å²) in [6.45, 7) is 9.01. The van der Waals surface area contributed by atoms with E-state index >= 15 is 0 Å². The quantitative estimate of drug-likeness (QED) is 0.579. The summed E-state index contributed by atoms with van der Waals surface area (Å²) in [6, 6.07) is 14.5. The summed E-state index contributed by atoms with van der Waals surface area (Å²) in [7, 11) is 0. The van der Waals surface area contributed by atoms with Crippen LogP contribution in [0, 0.1) is 11.8 Å². The van der Waals surface area contributed by atoms with Gasteiger partial charge in [-0.2, -0.15) is 0 Å². The van der Waals surface area contributed by atoms with E-state index in [-0.39, 0.29) is 11.8 Å². The monoisotopic (exact) mass is 467 g/mol. The fourth-order valence-electron chi connectivity index (χ4n) is 5.37. The first kappa shape index (κ1) is 23.8. The first-order chi connectivity index (χ1) is 15.9. The fraction of sp³-hybridized carbons (Fsp3) is 0.481. The van der Waals surface area contributed by atoms with Gasteiger partial charge in [-0.25, -0.2) is 0 Å². The number of halogens is 1. The smallest absolute Gasteiger partial charge is 0.255 e. The Morgan fingerprint density at radius 2 is 1.73 bits per heavy atom. The van der Waals surface area contributed by atoms with Gasteiger partial charge >= 0.3 is 0 Å². The second kappa shape index (κ2) is 10.7. The molecule has 2 aromatic rings. The zero-order chi connectivity index (χ0) is 23.4. The van der Waals surface area contributed by atoms with E-state index in [1.165, 1.54) is 6.42 Å². The van der Waals surface area contributed by atoms with Crippen molar-refractivity contribution in [2.75, 3.05) is 32.7 Å². The third-order valence-electron chi connectivity index (χ3n) is 6.76. The van der Waals surface area contributed by atoms with E-state index in [1.54, 1.807) is 4.90 Å². The van der Waals surface area contributed by atoms with Crippen LogP contribution in [0.2, 0.25) is 5.02 Å². The third-order valence-corrected chi connectivity index (χ3v) is 7.01. The minimum absolute atomic E-state index is 0.0731. The van der Waals surface area contributed by atoms with Crippen molar-refractivity contribution in [1.82, 2.24) is 15.1 Å². The molecule has 176 valence electrons. The van der Waals surface area contributed by atoms with Gasteiger partial charge in [-0.15, -0.1) is 0 Å². The molecular formula is C27H34ClN3O2. The summed E-state index contributed by atoms with van der Waals surface area (Å²) in [4.78, 5) is 30.6. The molecule has 0 bridgehead atoms. The normalized spacial score (nSPS) is 22.9. The van der Waals surface area contributed by atoms with Crippen molar-refractivity contribution in [3.05, 3.63) is 70.2 Å². The second-order valence-corrected chi connectivity index (χ2v) is 10.2. The van der Waals surface area contributed by atoms with E-state index in [0.29, 0.717) is 30.1 Å². The molecule has 2 aromatic carbocycles. The maximum absolute atomic E-state index is 13.2. The molecule has 6 heteroatoms. The molecule has 1 fully saturated rings. The maximum Gasteiger partial charge on any atom is 0.255 e. The number of amides is 2. The molecule has 0 aromatic heterocycles. The van der Waals surface area contributed by atoms with E-state index in [1.807, 2.05) is 48.5 Å². The minimum Gasteiger partial charge on any atom is -0.354 e. The van der Waals surface area contributed by atoms with E-state index in [2.05, 4.69) is 24.1 Å². The molecule has 2 aliphatic heterocycles. The lowest BCUT2D eigenvalue weighted by Crippen LogP contribution is -2.42. The number of nitrogens with zero attached hydrogens (tertiary/aromatic N) is 2. The van der Waals surface area contributed by atoms with Gasteiger partial charge in [-0.3, -0.25) is 9.59 Å². The average Bonchev–Trinajstić information content (AvgIpc) is 3.07. The number of hydrogen-bond acceptors (Lipinski definition) is 3. The van der Waals surface area contributed by atoms with Crippen molar-refractivity contribution < 1.29 is 9.59 Å². The van der Waals surface area contributed by atoms with Crippen LogP contribution in [-0.4, -0.2) is 54.3 Å². The van der Waals surface area contributed by atoms with Gasteiger partial charge < -0.3 is 15.1 Å². The number of nitrogens with one attached hydrogen (secondary N) is 1. The zero-order valence-corrected chi connectivity index (χ0v) is 20.4. The lowest BCUT2D eigenvalue weighted by atomic mass is 9.92. The highest BCUT2D eigenvalue weighted by molar-refractivity contribution is 6.30. The highest BCUT2D eigenvalue weighted by Crippen LogP contribution is 2.34. The van der Waals surface area contributed by atoms with Crippen LogP contribution in [-0.2, 0) is 11.2 Å². The number of rotatable bonds is 8. The van der Waals surface area contributed by atoms with Crippen molar-refractivity contribution in [1.29, 1.82) is 0 Å². The van der Waals surface area contributed by atoms with Gasteiger partial charge in [-0.05, 0) is 67.0 Å². The average molecular weight is 468 g/mol. The molecule has 2 amide bonds. The summed E-state index contributed by atoms with van der Waals surface area (Å²) >= 11 is 5.99. The molecule has 3 atom stereocenters. The number of benzene rings is 2. The Hall–Kier alpha value is -2.37. The van der Waals surface area contributed by atoms with E-state index in [0.717, 1.165) is 49.0 Å². The van der Waals surface area contributed by atoms with Gasteiger partial charge in [0, 0.05) is 36.8 Å². The van der Waals surface area contributed by atoms with Crippen LogP contribution in [0.3, 0.4) is 0 Å².